The maximum absolute atomic E-state index is 12.4. The molecule has 8 heteroatoms. The summed E-state index contributed by atoms with van der Waals surface area (Å²) in [6.07, 6.45) is -1.35. The summed E-state index contributed by atoms with van der Waals surface area (Å²) >= 11 is 5.97. The molecule has 102 valence electrons. The molecule has 2 rings (SSSR count). The molecule has 4 nitrogen and oxygen atoms in total. The average Bonchev–Trinajstić information content (AvgIpc) is 2.81. The molecule has 0 spiro atoms. The smallest absolute Gasteiger partial charge is 0.330 e. The number of hydrogen-bond donors (Lipinski definition) is 1. The van der Waals surface area contributed by atoms with E-state index in [1.165, 1.54) is 18.5 Å². The topological polar surface area (TPSA) is 56.7 Å². The Balaban J connectivity index is 2.32. The Bertz CT molecular complexity index is 580. The molecule has 0 unspecified atom stereocenters. The van der Waals surface area contributed by atoms with Crippen LogP contribution in [0.25, 0.3) is 5.69 Å². The van der Waals surface area contributed by atoms with E-state index in [1.54, 1.807) is 0 Å². The van der Waals surface area contributed by atoms with Crippen LogP contribution in [0.1, 0.15) is 11.4 Å². The van der Waals surface area contributed by atoms with Gasteiger partial charge >= 0.3 is 6.18 Å². The first-order chi connectivity index (χ1) is 8.91. The molecule has 0 fully saturated rings. The van der Waals surface area contributed by atoms with Gasteiger partial charge in [-0.15, -0.1) is 0 Å². The monoisotopic (exact) mass is 290 g/mol. The van der Waals surface area contributed by atoms with Gasteiger partial charge in [0.25, 0.3) is 0 Å². The normalized spacial score (nSPS) is 11.8. The van der Waals surface area contributed by atoms with Gasteiger partial charge in [-0.3, -0.25) is 4.98 Å². The number of rotatable bonds is 3. The van der Waals surface area contributed by atoms with Crippen molar-refractivity contribution in [2.45, 2.75) is 12.6 Å². The second-order valence-corrected chi connectivity index (χ2v) is 4.21. The van der Waals surface area contributed by atoms with Gasteiger partial charge < -0.3 is 5.73 Å². The third-order valence-electron chi connectivity index (χ3n) is 2.43. The molecule has 2 aromatic heterocycles. The summed E-state index contributed by atoms with van der Waals surface area (Å²) in [5.41, 5.74) is 5.40. The van der Waals surface area contributed by atoms with Gasteiger partial charge in [-0.2, -0.15) is 18.3 Å². The second kappa shape index (κ2) is 5.18. The lowest BCUT2D eigenvalue weighted by atomic mass is 10.2. The molecule has 0 radical (unpaired) electrons. The number of pyridine rings is 1. The molecule has 0 amide bonds. The third kappa shape index (κ3) is 3.05. The van der Waals surface area contributed by atoms with Crippen molar-refractivity contribution < 1.29 is 13.2 Å². The Kier molecular flexibility index (Phi) is 3.77. The summed E-state index contributed by atoms with van der Waals surface area (Å²) in [6, 6.07) is 2.40. The molecule has 2 heterocycles. The maximum atomic E-state index is 12.4. The fourth-order valence-corrected chi connectivity index (χ4v) is 1.78. The standard InChI is InChI=1S/C11H10ClF3N4/c12-8-5-7(6-17-9(8)1-3-16)19-4-2-10(18-19)11(13,14)15/h2,4-6H,1,3,16H2. The summed E-state index contributed by atoms with van der Waals surface area (Å²) in [5, 5.41) is 3.79. The van der Waals surface area contributed by atoms with Crippen LogP contribution in [0.2, 0.25) is 5.02 Å². The summed E-state index contributed by atoms with van der Waals surface area (Å²) in [7, 11) is 0. The first kappa shape index (κ1) is 13.8. The fourth-order valence-electron chi connectivity index (χ4n) is 1.52. The van der Waals surface area contributed by atoms with Gasteiger partial charge in [0.15, 0.2) is 5.69 Å². The van der Waals surface area contributed by atoms with Gasteiger partial charge in [-0.25, -0.2) is 4.68 Å². The highest BCUT2D eigenvalue weighted by molar-refractivity contribution is 6.31. The second-order valence-electron chi connectivity index (χ2n) is 3.80. The zero-order valence-electron chi connectivity index (χ0n) is 9.65. The van der Waals surface area contributed by atoms with Gasteiger partial charge in [0.05, 0.1) is 22.6 Å². The highest BCUT2D eigenvalue weighted by Gasteiger charge is 2.33. The number of aromatic nitrogens is 3. The Morgan fingerprint density at radius 1 is 1.37 bits per heavy atom. The van der Waals surface area contributed by atoms with Gasteiger partial charge in [0, 0.05) is 12.6 Å². The SMILES string of the molecule is NCCc1ncc(-n2ccc(C(F)(F)F)n2)cc1Cl. The summed E-state index contributed by atoms with van der Waals surface area (Å²) in [4.78, 5) is 4.06. The van der Waals surface area contributed by atoms with Crippen molar-refractivity contribution in [3.05, 3.63) is 40.9 Å². The lowest BCUT2D eigenvalue weighted by molar-refractivity contribution is -0.141. The van der Waals surface area contributed by atoms with Crippen molar-refractivity contribution >= 4 is 11.6 Å². The molecular weight excluding hydrogens is 281 g/mol. The van der Waals surface area contributed by atoms with Gasteiger partial charge in [-0.1, -0.05) is 11.6 Å². The first-order valence-corrected chi connectivity index (χ1v) is 5.77. The van der Waals surface area contributed by atoms with Crippen molar-refractivity contribution in [3.8, 4) is 5.69 Å². The summed E-state index contributed by atoms with van der Waals surface area (Å²) in [6.45, 7) is 0.395. The Hall–Kier alpha value is -1.60. The molecule has 0 aliphatic heterocycles. The molecule has 19 heavy (non-hydrogen) atoms. The van der Waals surface area contributed by atoms with Gasteiger partial charge in [0.2, 0.25) is 0 Å². The Labute approximate surface area is 112 Å². The van der Waals surface area contributed by atoms with E-state index in [4.69, 9.17) is 17.3 Å². The Morgan fingerprint density at radius 2 is 2.11 bits per heavy atom. The molecule has 0 saturated heterocycles. The zero-order chi connectivity index (χ0) is 14.0. The lowest BCUT2D eigenvalue weighted by Gasteiger charge is -2.06. The van der Waals surface area contributed by atoms with Crippen LogP contribution in [0.4, 0.5) is 13.2 Å². The fraction of sp³-hybridized carbons (Fsp3) is 0.273. The van der Waals surface area contributed by atoms with Crippen LogP contribution in [0, 0.1) is 0 Å². The molecule has 0 atom stereocenters. The first-order valence-electron chi connectivity index (χ1n) is 5.39. The quantitative estimate of drug-likeness (QED) is 0.944. The minimum Gasteiger partial charge on any atom is -0.330 e. The van der Waals surface area contributed by atoms with Crippen LogP contribution in [-0.4, -0.2) is 21.3 Å². The number of nitrogens with zero attached hydrogens (tertiary/aromatic N) is 3. The van der Waals surface area contributed by atoms with Gasteiger partial charge in [0.1, 0.15) is 0 Å². The van der Waals surface area contributed by atoms with Crippen molar-refractivity contribution in [1.82, 2.24) is 14.8 Å². The van der Waals surface area contributed by atoms with Gasteiger partial charge in [-0.05, 0) is 18.7 Å². The van der Waals surface area contributed by atoms with Crippen molar-refractivity contribution in [2.24, 2.45) is 5.73 Å². The maximum Gasteiger partial charge on any atom is 0.435 e. The molecule has 0 aliphatic rings. The minimum absolute atomic E-state index is 0.354. The average molecular weight is 291 g/mol. The number of alkyl halides is 3. The van der Waals surface area contributed by atoms with E-state index in [-0.39, 0.29) is 0 Å². The van der Waals surface area contributed by atoms with Crippen molar-refractivity contribution in [1.29, 1.82) is 0 Å². The minimum atomic E-state index is -4.47. The highest BCUT2D eigenvalue weighted by Crippen LogP contribution is 2.28. The van der Waals surface area contributed by atoms with E-state index in [9.17, 15) is 13.2 Å². The number of nitrogens with two attached hydrogens (primary N) is 1. The summed E-state index contributed by atoms with van der Waals surface area (Å²) < 4.78 is 38.4. The van der Waals surface area contributed by atoms with E-state index in [2.05, 4.69) is 10.1 Å². The van der Waals surface area contributed by atoms with E-state index in [1.807, 2.05) is 0 Å². The molecule has 0 bridgehead atoms. The molecular formula is C11H10ClF3N4. The van der Waals surface area contributed by atoms with Crippen LogP contribution in [0.15, 0.2) is 24.5 Å². The van der Waals surface area contributed by atoms with Crippen LogP contribution in [0.5, 0.6) is 0 Å². The van der Waals surface area contributed by atoms with Crippen LogP contribution >= 0.6 is 11.6 Å². The van der Waals surface area contributed by atoms with E-state index in [0.29, 0.717) is 29.4 Å². The van der Waals surface area contributed by atoms with Crippen molar-refractivity contribution in [2.75, 3.05) is 6.54 Å². The molecule has 0 aliphatic carbocycles. The van der Waals surface area contributed by atoms with Crippen LogP contribution < -0.4 is 5.73 Å². The number of halogens is 4. The number of hydrogen-bond acceptors (Lipinski definition) is 3. The molecule has 0 saturated carbocycles. The van der Waals surface area contributed by atoms with E-state index >= 15 is 0 Å². The lowest BCUT2D eigenvalue weighted by Crippen LogP contribution is -2.08. The van der Waals surface area contributed by atoms with E-state index in [0.717, 1.165) is 10.7 Å². The zero-order valence-corrected chi connectivity index (χ0v) is 10.4. The van der Waals surface area contributed by atoms with E-state index < -0.39 is 11.9 Å². The molecule has 0 aromatic carbocycles. The Morgan fingerprint density at radius 3 is 2.63 bits per heavy atom. The molecule has 2 aromatic rings. The largest absolute Gasteiger partial charge is 0.435 e. The predicted molar refractivity (Wildman–Crippen MR) is 64.1 cm³/mol. The summed E-state index contributed by atoms with van der Waals surface area (Å²) in [5.74, 6) is 0. The third-order valence-corrected chi connectivity index (χ3v) is 2.76. The van der Waals surface area contributed by atoms with Crippen LogP contribution in [-0.2, 0) is 12.6 Å². The van der Waals surface area contributed by atoms with Crippen molar-refractivity contribution in [3.63, 3.8) is 0 Å². The predicted octanol–water partition coefficient (Wildman–Crippen LogP) is 2.44. The van der Waals surface area contributed by atoms with Crippen LogP contribution in [0.3, 0.4) is 0 Å². The highest BCUT2D eigenvalue weighted by atomic mass is 35.5. The molecule has 2 N–H and O–H groups in total.